The highest BCUT2D eigenvalue weighted by Gasteiger charge is 2.16. The van der Waals surface area contributed by atoms with Gasteiger partial charge in [0.15, 0.2) is 0 Å². The Balaban J connectivity index is 1.55. The van der Waals surface area contributed by atoms with Crippen molar-refractivity contribution in [2.24, 2.45) is 0 Å². The van der Waals surface area contributed by atoms with Crippen LogP contribution in [0.5, 0.6) is 0 Å². The fourth-order valence-corrected chi connectivity index (χ4v) is 3.58. The molecule has 2 amide bonds. The summed E-state index contributed by atoms with van der Waals surface area (Å²) in [5.74, 6) is 0.973. The first-order valence-electron chi connectivity index (χ1n) is 9.79. The molecule has 0 spiro atoms. The summed E-state index contributed by atoms with van der Waals surface area (Å²) in [5.41, 5.74) is 2.56. The number of amides is 2. The Labute approximate surface area is 191 Å². The third kappa shape index (κ3) is 6.12. The SMILES string of the molecule is CC(C)N(C)C(=O)c1ccc(Cl)c(NC(=O)CSCc2coc(-c3ccccc3)n2)c1. The number of anilines is 1. The van der Waals surface area contributed by atoms with E-state index >= 15 is 0 Å². The first-order valence-corrected chi connectivity index (χ1v) is 11.3. The van der Waals surface area contributed by atoms with Crippen LogP contribution in [0.2, 0.25) is 5.02 Å². The number of carbonyl (C=O) groups excluding carboxylic acids is 2. The van der Waals surface area contributed by atoms with E-state index in [1.807, 2.05) is 44.2 Å². The van der Waals surface area contributed by atoms with Crippen LogP contribution in [0, 0.1) is 0 Å². The molecule has 1 N–H and O–H groups in total. The van der Waals surface area contributed by atoms with Gasteiger partial charge in [0.1, 0.15) is 6.26 Å². The van der Waals surface area contributed by atoms with Gasteiger partial charge < -0.3 is 14.6 Å². The molecule has 0 aliphatic carbocycles. The highest BCUT2D eigenvalue weighted by molar-refractivity contribution is 7.99. The molecule has 3 aromatic rings. The lowest BCUT2D eigenvalue weighted by Gasteiger charge is -2.22. The van der Waals surface area contributed by atoms with Crippen molar-refractivity contribution in [2.45, 2.75) is 25.6 Å². The van der Waals surface area contributed by atoms with Gasteiger partial charge in [-0.05, 0) is 44.2 Å². The topological polar surface area (TPSA) is 75.4 Å². The fraction of sp³-hybridized carbons (Fsp3) is 0.261. The Hall–Kier alpha value is -2.77. The summed E-state index contributed by atoms with van der Waals surface area (Å²) in [7, 11) is 1.74. The summed E-state index contributed by atoms with van der Waals surface area (Å²) in [5, 5.41) is 3.17. The van der Waals surface area contributed by atoms with Crippen LogP contribution in [0.1, 0.15) is 29.9 Å². The van der Waals surface area contributed by atoms with Crippen molar-refractivity contribution in [3.05, 3.63) is 71.1 Å². The van der Waals surface area contributed by atoms with Crippen molar-refractivity contribution < 1.29 is 14.0 Å². The van der Waals surface area contributed by atoms with Gasteiger partial charge in [-0.25, -0.2) is 4.98 Å². The number of thioether (sulfide) groups is 1. The molecule has 3 rings (SSSR count). The van der Waals surface area contributed by atoms with Gasteiger partial charge in [0, 0.05) is 30.0 Å². The molecule has 0 fully saturated rings. The zero-order valence-electron chi connectivity index (χ0n) is 17.6. The standard InChI is InChI=1S/C23H24ClN3O3S/c1-15(2)27(3)23(29)17-9-10-19(24)20(11-17)26-21(28)14-31-13-18-12-30-22(25-18)16-7-5-4-6-8-16/h4-12,15H,13-14H2,1-3H3,(H,26,28). The number of aromatic nitrogens is 1. The largest absolute Gasteiger partial charge is 0.444 e. The molecule has 0 bridgehead atoms. The maximum Gasteiger partial charge on any atom is 0.253 e. The molecule has 0 aliphatic rings. The second-order valence-corrected chi connectivity index (χ2v) is 8.65. The van der Waals surface area contributed by atoms with Gasteiger partial charge >= 0.3 is 0 Å². The Morgan fingerprint density at radius 1 is 1.19 bits per heavy atom. The third-order valence-electron chi connectivity index (χ3n) is 4.64. The van der Waals surface area contributed by atoms with Crippen molar-refractivity contribution >= 4 is 40.9 Å². The van der Waals surface area contributed by atoms with Gasteiger partial charge in [0.25, 0.3) is 5.91 Å². The smallest absolute Gasteiger partial charge is 0.253 e. The normalized spacial score (nSPS) is 10.9. The van der Waals surface area contributed by atoms with E-state index in [9.17, 15) is 9.59 Å². The maximum atomic E-state index is 12.5. The number of benzene rings is 2. The monoisotopic (exact) mass is 457 g/mol. The lowest BCUT2D eigenvalue weighted by Crippen LogP contribution is -2.33. The van der Waals surface area contributed by atoms with E-state index in [-0.39, 0.29) is 23.6 Å². The summed E-state index contributed by atoms with van der Waals surface area (Å²) < 4.78 is 5.51. The Morgan fingerprint density at radius 2 is 1.94 bits per heavy atom. The molecule has 0 aliphatic heterocycles. The van der Waals surface area contributed by atoms with Gasteiger partial charge in [0.05, 0.1) is 22.2 Å². The molecule has 2 aromatic carbocycles. The Kier molecular flexibility index (Phi) is 7.76. The molecule has 0 saturated carbocycles. The molecule has 1 heterocycles. The van der Waals surface area contributed by atoms with Crippen molar-refractivity contribution in [3.63, 3.8) is 0 Å². The summed E-state index contributed by atoms with van der Waals surface area (Å²) in [4.78, 5) is 31.0. The van der Waals surface area contributed by atoms with Gasteiger partial charge in [-0.1, -0.05) is 29.8 Å². The minimum atomic E-state index is -0.208. The van der Waals surface area contributed by atoms with Crippen LogP contribution in [0.25, 0.3) is 11.5 Å². The van der Waals surface area contributed by atoms with Gasteiger partial charge in [-0.3, -0.25) is 9.59 Å². The average molecular weight is 458 g/mol. The minimum Gasteiger partial charge on any atom is -0.444 e. The molecule has 31 heavy (non-hydrogen) atoms. The molecule has 0 saturated heterocycles. The third-order valence-corrected chi connectivity index (χ3v) is 5.93. The maximum absolute atomic E-state index is 12.5. The highest BCUT2D eigenvalue weighted by Crippen LogP contribution is 2.25. The molecule has 0 radical (unpaired) electrons. The molecular formula is C23H24ClN3O3S. The number of halogens is 1. The van der Waals surface area contributed by atoms with Crippen LogP contribution in [-0.4, -0.2) is 40.5 Å². The lowest BCUT2D eigenvalue weighted by molar-refractivity contribution is -0.113. The molecule has 6 nitrogen and oxygen atoms in total. The van der Waals surface area contributed by atoms with Crippen molar-refractivity contribution in [1.29, 1.82) is 0 Å². The first-order chi connectivity index (χ1) is 14.8. The van der Waals surface area contributed by atoms with E-state index in [1.165, 1.54) is 11.8 Å². The highest BCUT2D eigenvalue weighted by atomic mass is 35.5. The van der Waals surface area contributed by atoms with Gasteiger partial charge in [-0.15, -0.1) is 11.8 Å². The van der Waals surface area contributed by atoms with Crippen LogP contribution in [-0.2, 0) is 10.5 Å². The van der Waals surface area contributed by atoms with Crippen LogP contribution in [0.4, 0.5) is 5.69 Å². The predicted molar refractivity (Wildman–Crippen MR) is 125 cm³/mol. The predicted octanol–water partition coefficient (Wildman–Crippen LogP) is 5.35. The summed E-state index contributed by atoms with van der Waals surface area (Å²) in [6.07, 6.45) is 1.60. The number of nitrogens with one attached hydrogen (secondary N) is 1. The lowest BCUT2D eigenvalue weighted by atomic mass is 10.1. The first kappa shape index (κ1) is 22.9. The van der Waals surface area contributed by atoms with E-state index in [4.69, 9.17) is 16.0 Å². The summed E-state index contributed by atoms with van der Waals surface area (Å²) in [6.45, 7) is 3.87. The van der Waals surface area contributed by atoms with E-state index in [0.717, 1.165) is 11.3 Å². The number of hydrogen-bond donors (Lipinski definition) is 1. The van der Waals surface area contributed by atoms with Crippen molar-refractivity contribution in [2.75, 3.05) is 18.1 Å². The Bertz CT molecular complexity index is 1050. The van der Waals surface area contributed by atoms with E-state index in [1.54, 1.807) is 36.4 Å². The minimum absolute atomic E-state index is 0.0663. The second-order valence-electron chi connectivity index (χ2n) is 7.26. The molecule has 1 aromatic heterocycles. The molecule has 0 unspecified atom stereocenters. The van der Waals surface area contributed by atoms with Gasteiger partial charge in [-0.2, -0.15) is 0 Å². The number of carbonyl (C=O) groups is 2. The van der Waals surface area contributed by atoms with Crippen molar-refractivity contribution in [3.8, 4) is 11.5 Å². The summed E-state index contributed by atoms with van der Waals surface area (Å²) in [6, 6.07) is 14.6. The van der Waals surface area contributed by atoms with E-state index < -0.39 is 0 Å². The molecule has 8 heteroatoms. The quantitative estimate of drug-likeness (QED) is 0.493. The zero-order valence-corrected chi connectivity index (χ0v) is 19.2. The number of hydrogen-bond acceptors (Lipinski definition) is 5. The summed E-state index contributed by atoms with van der Waals surface area (Å²) >= 11 is 7.62. The average Bonchev–Trinajstić information content (AvgIpc) is 3.23. The number of rotatable bonds is 8. The molecule has 162 valence electrons. The molecular weight excluding hydrogens is 434 g/mol. The fourth-order valence-electron chi connectivity index (χ4n) is 2.71. The van der Waals surface area contributed by atoms with Crippen LogP contribution in [0.15, 0.2) is 59.2 Å². The van der Waals surface area contributed by atoms with Crippen molar-refractivity contribution in [1.82, 2.24) is 9.88 Å². The van der Waals surface area contributed by atoms with Crippen LogP contribution in [0.3, 0.4) is 0 Å². The van der Waals surface area contributed by atoms with E-state index in [2.05, 4.69) is 10.3 Å². The number of oxazole rings is 1. The van der Waals surface area contributed by atoms with E-state index in [0.29, 0.717) is 27.9 Å². The van der Waals surface area contributed by atoms with Crippen LogP contribution >= 0.6 is 23.4 Å². The van der Waals surface area contributed by atoms with Crippen LogP contribution < -0.4 is 5.32 Å². The zero-order chi connectivity index (χ0) is 22.4. The Morgan fingerprint density at radius 3 is 2.65 bits per heavy atom. The van der Waals surface area contributed by atoms with Gasteiger partial charge in [0.2, 0.25) is 11.8 Å². The molecule has 0 atom stereocenters. The second kappa shape index (κ2) is 10.5. The number of nitrogens with zero attached hydrogens (tertiary/aromatic N) is 2.